The average Bonchev–Trinajstić information content (AvgIpc) is 3.47. The molecule has 1 aromatic carbocycles. The third-order valence-corrected chi connectivity index (χ3v) is 6.06. The highest BCUT2D eigenvalue weighted by atomic mass is 16.5. The molecule has 1 atom stereocenters. The van der Waals surface area contributed by atoms with Crippen molar-refractivity contribution in [2.45, 2.75) is 44.4 Å². The smallest absolute Gasteiger partial charge is 0.244 e. The molecule has 0 amide bonds. The fraction of sp³-hybridized carbons (Fsp3) is 0.318. The van der Waals surface area contributed by atoms with Crippen molar-refractivity contribution in [1.82, 2.24) is 19.7 Å². The zero-order valence-corrected chi connectivity index (χ0v) is 16.2. The fourth-order valence-electron chi connectivity index (χ4n) is 4.61. The largest absolute Gasteiger partial charge is 0.420 e. The van der Waals surface area contributed by atoms with Gasteiger partial charge in [0.1, 0.15) is 17.5 Å². The Morgan fingerprint density at radius 1 is 1.24 bits per heavy atom. The first-order valence-electron chi connectivity index (χ1n) is 9.93. The highest BCUT2D eigenvalue weighted by Gasteiger charge is 2.37. The van der Waals surface area contributed by atoms with E-state index in [0.29, 0.717) is 17.4 Å². The summed E-state index contributed by atoms with van der Waals surface area (Å²) in [4.78, 5) is 4.29. The number of aromatic nitrogens is 4. The van der Waals surface area contributed by atoms with E-state index in [1.54, 1.807) is 6.20 Å². The summed E-state index contributed by atoms with van der Waals surface area (Å²) in [6, 6.07) is 10.4. The quantitative estimate of drug-likeness (QED) is 0.712. The van der Waals surface area contributed by atoms with Crippen molar-refractivity contribution in [3.63, 3.8) is 0 Å². The molecule has 1 aliphatic carbocycles. The van der Waals surface area contributed by atoms with Crippen LogP contribution in [0, 0.1) is 18.3 Å². The van der Waals surface area contributed by atoms with Gasteiger partial charge in [-0.3, -0.25) is 5.10 Å². The van der Waals surface area contributed by atoms with Gasteiger partial charge in [-0.25, -0.2) is 4.98 Å². The molecule has 3 heterocycles. The van der Waals surface area contributed by atoms with Gasteiger partial charge in [0.2, 0.25) is 11.8 Å². The van der Waals surface area contributed by atoms with Gasteiger partial charge in [-0.15, -0.1) is 5.10 Å². The summed E-state index contributed by atoms with van der Waals surface area (Å²) in [6.07, 6.45) is 8.40. The summed E-state index contributed by atoms with van der Waals surface area (Å²) in [5.74, 6) is 1.68. The van der Waals surface area contributed by atoms with E-state index in [2.05, 4.69) is 21.3 Å². The Bertz CT molecular complexity index is 1130. The molecule has 1 unspecified atom stereocenters. The molecule has 146 valence electrons. The van der Waals surface area contributed by atoms with Gasteiger partial charge in [-0.1, -0.05) is 25.0 Å². The Hall–Kier alpha value is -3.53. The number of aromatic amines is 1. The molecule has 0 saturated heterocycles. The predicted octanol–water partition coefficient (Wildman–Crippen LogP) is 3.78. The minimum Gasteiger partial charge on any atom is -0.420 e. The maximum Gasteiger partial charge on any atom is 0.244 e. The van der Waals surface area contributed by atoms with Crippen molar-refractivity contribution in [3.05, 3.63) is 70.8 Å². The molecule has 1 aliphatic heterocycles. The number of nitrogens with one attached hydrogen (secondary N) is 1. The average molecular weight is 386 g/mol. The second-order valence-electron chi connectivity index (χ2n) is 7.70. The Morgan fingerprint density at radius 3 is 2.66 bits per heavy atom. The third-order valence-electron chi connectivity index (χ3n) is 6.06. The van der Waals surface area contributed by atoms with Gasteiger partial charge < -0.3 is 15.0 Å². The van der Waals surface area contributed by atoms with Gasteiger partial charge in [-0.2, -0.15) is 5.26 Å². The van der Waals surface area contributed by atoms with Gasteiger partial charge in [-0.05, 0) is 37.5 Å². The number of hydrogen-bond donors (Lipinski definition) is 2. The van der Waals surface area contributed by atoms with Crippen molar-refractivity contribution < 1.29 is 4.74 Å². The molecule has 29 heavy (non-hydrogen) atoms. The fourth-order valence-corrected chi connectivity index (χ4v) is 4.61. The summed E-state index contributed by atoms with van der Waals surface area (Å²) in [5.41, 5.74) is 10.6. The highest BCUT2D eigenvalue weighted by molar-refractivity contribution is 5.56. The summed E-state index contributed by atoms with van der Waals surface area (Å²) in [5, 5.41) is 17.4. The molecule has 0 spiro atoms. The van der Waals surface area contributed by atoms with E-state index in [-0.39, 0.29) is 11.8 Å². The Balaban J connectivity index is 1.61. The molecule has 1 fully saturated rings. The number of rotatable bonds is 3. The van der Waals surface area contributed by atoms with Gasteiger partial charge in [0.25, 0.3) is 0 Å². The molecular weight excluding hydrogens is 364 g/mol. The SMILES string of the molecule is Cc1nccn1-c1ccc(C2C(C#N)=C(N)Oc3n[nH]c(C4CCCC4)c32)cc1. The minimum absolute atomic E-state index is 0.129. The maximum atomic E-state index is 9.84. The Morgan fingerprint density at radius 2 is 2.00 bits per heavy atom. The lowest BCUT2D eigenvalue weighted by molar-refractivity contribution is 0.378. The molecule has 3 aromatic rings. The number of aryl methyl sites for hydroxylation is 1. The monoisotopic (exact) mass is 386 g/mol. The normalized spacial score (nSPS) is 19.1. The van der Waals surface area contributed by atoms with Crippen LogP contribution < -0.4 is 10.5 Å². The first-order valence-corrected chi connectivity index (χ1v) is 9.93. The van der Waals surface area contributed by atoms with Crippen LogP contribution in [0.25, 0.3) is 5.69 Å². The maximum absolute atomic E-state index is 9.84. The van der Waals surface area contributed by atoms with E-state index in [0.717, 1.165) is 41.2 Å². The number of nitriles is 1. The van der Waals surface area contributed by atoms with E-state index < -0.39 is 0 Å². The van der Waals surface area contributed by atoms with Crippen LogP contribution in [0.15, 0.2) is 48.1 Å². The molecule has 5 rings (SSSR count). The summed E-state index contributed by atoms with van der Waals surface area (Å²) >= 11 is 0. The van der Waals surface area contributed by atoms with Crippen LogP contribution in [0.3, 0.4) is 0 Å². The molecule has 2 aromatic heterocycles. The molecule has 1 saturated carbocycles. The number of fused-ring (bicyclic) bond motifs is 1. The Kier molecular flexibility index (Phi) is 4.13. The standard InChI is InChI=1S/C22H22N6O/c1-13-25-10-11-28(13)16-8-6-14(7-9-16)18-17(12-23)21(24)29-22-19(18)20(26-27-22)15-4-2-3-5-15/h6-11,15,18H,2-5,24H2,1H3,(H,26,27). The van der Waals surface area contributed by atoms with Crippen molar-refractivity contribution in [1.29, 1.82) is 5.26 Å². The van der Waals surface area contributed by atoms with Crippen molar-refractivity contribution in [2.24, 2.45) is 5.73 Å². The number of nitrogens with two attached hydrogens (primary N) is 1. The van der Waals surface area contributed by atoms with Gasteiger partial charge in [0, 0.05) is 29.7 Å². The molecule has 3 N–H and O–H groups in total. The van der Waals surface area contributed by atoms with E-state index in [1.165, 1.54) is 12.8 Å². The van der Waals surface area contributed by atoms with Gasteiger partial charge in [0.15, 0.2) is 0 Å². The van der Waals surface area contributed by atoms with Crippen LogP contribution in [-0.2, 0) is 0 Å². The molecule has 7 heteroatoms. The molecule has 2 aliphatic rings. The van der Waals surface area contributed by atoms with Crippen molar-refractivity contribution in [2.75, 3.05) is 0 Å². The summed E-state index contributed by atoms with van der Waals surface area (Å²) < 4.78 is 7.73. The van der Waals surface area contributed by atoms with Crippen molar-refractivity contribution >= 4 is 0 Å². The van der Waals surface area contributed by atoms with Crippen LogP contribution in [0.5, 0.6) is 5.88 Å². The minimum atomic E-state index is -0.281. The lowest BCUT2D eigenvalue weighted by atomic mass is 9.81. The van der Waals surface area contributed by atoms with Crippen LogP contribution in [0.1, 0.15) is 60.2 Å². The van der Waals surface area contributed by atoms with Gasteiger partial charge >= 0.3 is 0 Å². The molecular formula is C22H22N6O. The first kappa shape index (κ1) is 17.6. The topological polar surface area (TPSA) is 106 Å². The number of H-pyrrole nitrogens is 1. The third kappa shape index (κ3) is 2.80. The van der Waals surface area contributed by atoms with Gasteiger partial charge in [0.05, 0.1) is 11.5 Å². The molecule has 7 nitrogen and oxygen atoms in total. The van der Waals surface area contributed by atoms with E-state index in [1.807, 2.05) is 42.0 Å². The van der Waals surface area contributed by atoms with E-state index >= 15 is 0 Å². The molecule has 0 radical (unpaired) electrons. The van der Waals surface area contributed by atoms with Crippen LogP contribution in [0.4, 0.5) is 0 Å². The lowest BCUT2D eigenvalue weighted by Gasteiger charge is -2.25. The predicted molar refractivity (Wildman–Crippen MR) is 107 cm³/mol. The number of allylic oxidation sites excluding steroid dienone is 1. The second kappa shape index (κ2) is 6.82. The van der Waals surface area contributed by atoms with E-state index in [9.17, 15) is 5.26 Å². The first-order chi connectivity index (χ1) is 14.2. The van der Waals surface area contributed by atoms with Crippen LogP contribution >= 0.6 is 0 Å². The number of nitrogens with zero attached hydrogens (tertiary/aromatic N) is 4. The van der Waals surface area contributed by atoms with Crippen LogP contribution in [0.2, 0.25) is 0 Å². The van der Waals surface area contributed by atoms with Crippen LogP contribution in [-0.4, -0.2) is 19.7 Å². The lowest BCUT2D eigenvalue weighted by Crippen LogP contribution is -2.21. The second-order valence-corrected chi connectivity index (χ2v) is 7.70. The van der Waals surface area contributed by atoms with Crippen molar-refractivity contribution in [3.8, 4) is 17.6 Å². The number of ether oxygens (including phenoxy) is 1. The number of benzene rings is 1. The summed E-state index contributed by atoms with van der Waals surface area (Å²) in [7, 11) is 0. The highest BCUT2D eigenvalue weighted by Crippen LogP contribution is 2.47. The number of imidazole rings is 1. The van der Waals surface area contributed by atoms with E-state index in [4.69, 9.17) is 10.5 Å². The Labute approximate surface area is 168 Å². The summed E-state index contributed by atoms with van der Waals surface area (Å²) in [6.45, 7) is 1.97. The zero-order chi connectivity index (χ0) is 20.0. The molecule has 0 bridgehead atoms. The number of hydrogen-bond acceptors (Lipinski definition) is 5. The zero-order valence-electron chi connectivity index (χ0n) is 16.2.